The first-order valence-electron chi connectivity index (χ1n) is 11.1. The lowest BCUT2D eigenvalue weighted by Crippen LogP contribution is -2.40. The number of fused-ring (bicyclic) bond motifs is 1. The smallest absolute Gasteiger partial charge is 0.248 e. The van der Waals surface area contributed by atoms with E-state index in [1.165, 1.54) is 13.2 Å². The highest BCUT2D eigenvalue weighted by Gasteiger charge is 2.33. The van der Waals surface area contributed by atoms with Gasteiger partial charge in [-0.05, 0) is 36.6 Å². The highest BCUT2D eigenvalue weighted by Crippen LogP contribution is 2.24. The van der Waals surface area contributed by atoms with Crippen LogP contribution in [-0.2, 0) is 27.2 Å². The van der Waals surface area contributed by atoms with Gasteiger partial charge >= 0.3 is 0 Å². The molecule has 0 radical (unpaired) electrons. The molecule has 1 aromatic carbocycles. The molecule has 3 heterocycles. The molecule has 0 spiro atoms. The summed E-state index contributed by atoms with van der Waals surface area (Å²) in [6.45, 7) is 0.682. The largest absolute Gasteiger partial charge is 0.394 e. The number of aliphatic hydroxyl groups excluding tert-OH is 1. The highest BCUT2D eigenvalue weighted by molar-refractivity contribution is 6.71. The van der Waals surface area contributed by atoms with Gasteiger partial charge in [-0.2, -0.15) is 0 Å². The fourth-order valence-corrected chi connectivity index (χ4v) is 4.42. The standard InChI is InChI=1S/C24H27ClN4O5/c1-33-20(9-13-2-3-14(24(26)32)8-18(13)25)23(31)22-21(17-6-7-27-19(17)10-28-22)29-15-4-5-16(11-30)34-12-15/h2-3,6-8,15-16,20,27,30H,4-5,9-12H2,1H3,(H2,26,32)/t15-,16+,20?/m1/s1. The van der Waals surface area contributed by atoms with Crippen LogP contribution in [0.4, 0.5) is 0 Å². The van der Waals surface area contributed by atoms with Crippen LogP contribution in [0.25, 0.3) is 0 Å². The fourth-order valence-electron chi connectivity index (χ4n) is 4.16. The molecule has 2 aromatic rings. The number of nitrogens with zero attached hydrogens (tertiary/aromatic N) is 2. The number of aliphatic imine (C=N–C) groups is 2. The normalized spacial score (nSPS) is 22.2. The van der Waals surface area contributed by atoms with Gasteiger partial charge in [-0.25, -0.2) is 0 Å². The van der Waals surface area contributed by atoms with Crippen molar-refractivity contribution in [1.82, 2.24) is 4.98 Å². The monoisotopic (exact) mass is 486 g/mol. The summed E-state index contributed by atoms with van der Waals surface area (Å²) in [6.07, 6.45) is 2.41. The lowest BCUT2D eigenvalue weighted by Gasteiger charge is -2.27. The third-order valence-electron chi connectivity index (χ3n) is 6.12. The molecule has 3 atom stereocenters. The van der Waals surface area contributed by atoms with Crippen LogP contribution in [-0.4, -0.2) is 71.8 Å². The van der Waals surface area contributed by atoms with Crippen LogP contribution in [0.3, 0.4) is 0 Å². The number of aromatic amines is 1. The third kappa shape index (κ3) is 5.12. The van der Waals surface area contributed by atoms with E-state index in [9.17, 15) is 14.7 Å². The van der Waals surface area contributed by atoms with E-state index in [1.54, 1.807) is 18.3 Å². The molecule has 1 fully saturated rings. The van der Waals surface area contributed by atoms with Gasteiger partial charge in [-0.1, -0.05) is 17.7 Å². The average Bonchev–Trinajstić information content (AvgIpc) is 3.33. The molecule has 9 nitrogen and oxygen atoms in total. The molecule has 1 unspecified atom stereocenters. The van der Waals surface area contributed by atoms with Gasteiger partial charge in [0.1, 0.15) is 11.8 Å². The summed E-state index contributed by atoms with van der Waals surface area (Å²) in [5.41, 5.74) is 8.75. The van der Waals surface area contributed by atoms with Crippen LogP contribution in [0, 0.1) is 0 Å². The number of hydrogen-bond donors (Lipinski definition) is 3. The van der Waals surface area contributed by atoms with Crippen LogP contribution in [0.1, 0.15) is 40.0 Å². The molecule has 34 heavy (non-hydrogen) atoms. The molecule has 0 aliphatic carbocycles. The number of aliphatic hydroxyl groups is 1. The van der Waals surface area contributed by atoms with Gasteiger partial charge in [0.15, 0.2) is 0 Å². The molecule has 180 valence electrons. The van der Waals surface area contributed by atoms with Gasteiger partial charge in [0.2, 0.25) is 11.7 Å². The number of Topliss-reactive ketones (excluding diaryl/α,β-unsaturated/α-hetero) is 1. The van der Waals surface area contributed by atoms with Gasteiger partial charge in [0.25, 0.3) is 0 Å². The zero-order valence-corrected chi connectivity index (χ0v) is 19.5. The first-order chi connectivity index (χ1) is 16.4. The van der Waals surface area contributed by atoms with E-state index >= 15 is 0 Å². The van der Waals surface area contributed by atoms with Crippen molar-refractivity contribution in [2.75, 3.05) is 20.3 Å². The van der Waals surface area contributed by atoms with Crippen molar-refractivity contribution in [1.29, 1.82) is 0 Å². The number of nitrogens with two attached hydrogens (primary N) is 1. The maximum atomic E-state index is 13.6. The van der Waals surface area contributed by atoms with Crippen molar-refractivity contribution in [3.05, 3.63) is 57.9 Å². The molecule has 1 saturated heterocycles. The van der Waals surface area contributed by atoms with E-state index in [0.29, 0.717) is 41.4 Å². The molecule has 0 saturated carbocycles. The minimum absolute atomic E-state index is 0.0189. The highest BCUT2D eigenvalue weighted by atomic mass is 35.5. The molecule has 4 rings (SSSR count). The van der Waals surface area contributed by atoms with E-state index in [4.69, 9.17) is 31.8 Å². The molecule has 2 aliphatic heterocycles. The molecule has 1 aromatic heterocycles. The van der Waals surface area contributed by atoms with Crippen molar-refractivity contribution in [2.45, 2.75) is 44.1 Å². The summed E-state index contributed by atoms with van der Waals surface area (Å²) in [7, 11) is 1.46. The number of primary amides is 1. The number of H-pyrrole nitrogens is 1. The van der Waals surface area contributed by atoms with E-state index in [-0.39, 0.29) is 36.7 Å². The summed E-state index contributed by atoms with van der Waals surface area (Å²) < 4.78 is 11.2. The number of nitrogens with one attached hydrogen (secondary N) is 1. The maximum absolute atomic E-state index is 13.6. The number of benzene rings is 1. The summed E-state index contributed by atoms with van der Waals surface area (Å²) >= 11 is 6.33. The number of ether oxygens (including phenoxy) is 2. The van der Waals surface area contributed by atoms with Crippen LogP contribution < -0.4 is 5.73 Å². The van der Waals surface area contributed by atoms with Crippen molar-refractivity contribution in [2.24, 2.45) is 15.7 Å². The van der Waals surface area contributed by atoms with Gasteiger partial charge in [-0.15, -0.1) is 0 Å². The SMILES string of the molecule is COC(Cc1ccc(C(N)=O)cc1Cl)C(=O)C1=NCc2[nH]ccc2C1=N[C@@H]1CC[C@@H](CO)OC1. The fraction of sp³-hybridized carbons (Fsp3) is 0.417. The number of aromatic nitrogens is 1. The summed E-state index contributed by atoms with van der Waals surface area (Å²) in [5.74, 6) is -0.877. The predicted octanol–water partition coefficient (Wildman–Crippen LogP) is 1.88. The van der Waals surface area contributed by atoms with Gasteiger partial charge in [-0.3, -0.25) is 19.6 Å². The minimum Gasteiger partial charge on any atom is -0.394 e. The lowest BCUT2D eigenvalue weighted by molar-refractivity contribution is -0.121. The Labute approximate surface area is 202 Å². The Hall–Kier alpha value is -2.85. The number of halogens is 1. The molecule has 1 amide bonds. The first kappa shape index (κ1) is 24.3. The van der Waals surface area contributed by atoms with Gasteiger partial charge < -0.3 is 25.3 Å². The Morgan fingerprint density at radius 1 is 1.38 bits per heavy atom. The zero-order chi connectivity index (χ0) is 24.2. The number of amides is 1. The number of carbonyl (C=O) groups is 2. The van der Waals surface area contributed by atoms with Crippen molar-refractivity contribution in [3.8, 4) is 0 Å². The van der Waals surface area contributed by atoms with Crippen LogP contribution >= 0.6 is 11.6 Å². The summed E-state index contributed by atoms with van der Waals surface area (Å²) in [4.78, 5) is 37.5. The molecule has 2 aliphatic rings. The van der Waals surface area contributed by atoms with Gasteiger partial charge in [0, 0.05) is 41.6 Å². The van der Waals surface area contributed by atoms with E-state index in [1.807, 2.05) is 6.07 Å². The number of methoxy groups -OCH3 is 1. The molecular weight excluding hydrogens is 460 g/mol. The van der Waals surface area contributed by atoms with Gasteiger partial charge in [0.05, 0.1) is 37.6 Å². The molecule has 0 bridgehead atoms. The average molecular weight is 487 g/mol. The Kier molecular flexibility index (Phi) is 7.57. The number of rotatable bonds is 8. The van der Waals surface area contributed by atoms with Crippen LogP contribution in [0.2, 0.25) is 5.02 Å². The second kappa shape index (κ2) is 10.6. The lowest BCUT2D eigenvalue weighted by atomic mass is 9.93. The zero-order valence-electron chi connectivity index (χ0n) is 18.8. The van der Waals surface area contributed by atoms with Crippen LogP contribution in [0.15, 0.2) is 40.4 Å². The number of hydrogen-bond acceptors (Lipinski definition) is 7. The van der Waals surface area contributed by atoms with Crippen molar-refractivity contribution in [3.63, 3.8) is 0 Å². The predicted molar refractivity (Wildman–Crippen MR) is 128 cm³/mol. The Balaban J connectivity index is 1.59. The summed E-state index contributed by atoms with van der Waals surface area (Å²) in [6, 6.07) is 6.46. The number of carbonyl (C=O) groups excluding carboxylic acids is 2. The maximum Gasteiger partial charge on any atom is 0.248 e. The van der Waals surface area contributed by atoms with E-state index in [2.05, 4.69) is 9.98 Å². The molecular formula is C24H27ClN4O5. The first-order valence-corrected chi connectivity index (χ1v) is 11.5. The quantitative estimate of drug-likeness (QED) is 0.522. The minimum atomic E-state index is -0.845. The van der Waals surface area contributed by atoms with Crippen molar-refractivity contribution >= 4 is 34.7 Å². The Morgan fingerprint density at radius 3 is 2.85 bits per heavy atom. The Bertz CT molecular complexity index is 1130. The van der Waals surface area contributed by atoms with E-state index in [0.717, 1.165) is 17.7 Å². The molecule has 4 N–H and O–H groups in total. The summed E-state index contributed by atoms with van der Waals surface area (Å²) in [5, 5.41) is 9.64. The molecule has 10 heteroatoms. The van der Waals surface area contributed by atoms with E-state index < -0.39 is 12.0 Å². The van der Waals surface area contributed by atoms with Crippen LogP contribution in [0.5, 0.6) is 0 Å². The Morgan fingerprint density at radius 2 is 2.21 bits per heavy atom. The van der Waals surface area contributed by atoms with Crippen molar-refractivity contribution < 1.29 is 24.2 Å². The number of ketones is 1. The third-order valence-corrected chi connectivity index (χ3v) is 6.47. The second-order valence-corrected chi connectivity index (χ2v) is 8.75. The topological polar surface area (TPSA) is 139 Å². The second-order valence-electron chi connectivity index (χ2n) is 8.34.